The van der Waals surface area contributed by atoms with Crippen LogP contribution in [0.1, 0.15) is 57.9 Å². The van der Waals surface area contributed by atoms with Crippen LogP contribution in [0.5, 0.6) is 0 Å². The third kappa shape index (κ3) is 5.19. The van der Waals surface area contributed by atoms with Crippen LogP contribution in [0.2, 0.25) is 0 Å². The molecule has 6 nitrogen and oxygen atoms in total. The molecule has 2 aliphatic heterocycles. The van der Waals surface area contributed by atoms with Gasteiger partial charge in [0, 0.05) is 18.7 Å². The van der Waals surface area contributed by atoms with Gasteiger partial charge in [-0.05, 0) is 38.7 Å². The fourth-order valence-electron chi connectivity index (χ4n) is 4.84. The first-order valence-corrected chi connectivity index (χ1v) is 11.1. The second-order valence-corrected chi connectivity index (χ2v) is 8.95. The van der Waals surface area contributed by atoms with Crippen LogP contribution in [0.15, 0.2) is 30.3 Å². The van der Waals surface area contributed by atoms with Crippen LogP contribution in [-0.4, -0.2) is 54.2 Å². The number of aliphatic hydroxyl groups excluding tert-OH is 1. The molecular weight excluding hydrogens is 370 g/mol. The lowest BCUT2D eigenvalue weighted by atomic mass is 9.92. The van der Waals surface area contributed by atoms with Crippen molar-refractivity contribution in [1.29, 1.82) is 0 Å². The van der Waals surface area contributed by atoms with Crippen LogP contribution in [0.3, 0.4) is 0 Å². The SMILES string of the molecule is CC1(C)O[C@H]2O[C@H]([C@H](CCO)NC3CCCCC3)[C@H](OCc3ccccc3)[C@H]2O1. The highest BCUT2D eigenvalue weighted by atomic mass is 16.8. The monoisotopic (exact) mass is 405 g/mol. The average Bonchev–Trinajstić information content (AvgIpc) is 3.19. The van der Waals surface area contributed by atoms with Crippen LogP contribution in [-0.2, 0) is 25.6 Å². The molecule has 6 heteroatoms. The zero-order valence-corrected chi connectivity index (χ0v) is 17.6. The predicted molar refractivity (Wildman–Crippen MR) is 109 cm³/mol. The molecule has 1 aromatic rings. The number of rotatable bonds is 8. The molecule has 1 aromatic carbocycles. The van der Waals surface area contributed by atoms with Gasteiger partial charge in [0.25, 0.3) is 0 Å². The van der Waals surface area contributed by atoms with Crippen LogP contribution >= 0.6 is 0 Å². The maximum Gasteiger partial charge on any atom is 0.190 e. The van der Waals surface area contributed by atoms with E-state index < -0.39 is 12.1 Å². The average molecular weight is 406 g/mol. The van der Waals surface area contributed by atoms with Crippen molar-refractivity contribution < 1.29 is 24.1 Å². The third-order valence-corrected chi connectivity index (χ3v) is 6.20. The van der Waals surface area contributed by atoms with Gasteiger partial charge in [-0.2, -0.15) is 0 Å². The normalized spacial score (nSPS) is 32.9. The molecule has 0 radical (unpaired) electrons. The maximum absolute atomic E-state index is 9.71. The van der Waals surface area contributed by atoms with Gasteiger partial charge in [0.05, 0.1) is 6.61 Å². The lowest BCUT2D eigenvalue weighted by Crippen LogP contribution is -2.52. The van der Waals surface area contributed by atoms with Crippen molar-refractivity contribution in [2.75, 3.05) is 6.61 Å². The van der Waals surface area contributed by atoms with E-state index in [0.29, 0.717) is 19.1 Å². The minimum absolute atomic E-state index is 0.00443. The molecule has 162 valence electrons. The first-order valence-electron chi connectivity index (χ1n) is 11.1. The zero-order chi connectivity index (χ0) is 20.3. The van der Waals surface area contributed by atoms with Gasteiger partial charge < -0.3 is 29.4 Å². The summed E-state index contributed by atoms with van der Waals surface area (Å²) in [5.41, 5.74) is 1.12. The Morgan fingerprint density at radius 2 is 1.90 bits per heavy atom. The largest absolute Gasteiger partial charge is 0.396 e. The Hall–Kier alpha value is -1.02. The van der Waals surface area contributed by atoms with E-state index in [4.69, 9.17) is 18.9 Å². The van der Waals surface area contributed by atoms with Crippen LogP contribution in [0, 0.1) is 0 Å². The maximum atomic E-state index is 9.71. The molecular formula is C23H35NO5. The second kappa shape index (κ2) is 9.41. The van der Waals surface area contributed by atoms with E-state index >= 15 is 0 Å². The lowest BCUT2D eigenvalue weighted by Gasteiger charge is -2.35. The van der Waals surface area contributed by atoms with Crippen LogP contribution < -0.4 is 5.32 Å². The Labute approximate surface area is 173 Å². The van der Waals surface area contributed by atoms with Crippen molar-refractivity contribution >= 4 is 0 Å². The van der Waals surface area contributed by atoms with Crippen molar-refractivity contribution in [2.45, 2.75) is 101 Å². The summed E-state index contributed by atoms with van der Waals surface area (Å²) >= 11 is 0. The quantitative estimate of drug-likeness (QED) is 0.693. The highest BCUT2D eigenvalue weighted by Crippen LogP contribution is 2.40. The fourth-order valence-corrected chi connectivity index (χ4v) is 4.84. The molecule has 1 aliphatic carbocycles. The van der Waals surface area contributed by atoms with Crippen molar-refractivity contribution in [1.82, 2.24) is 5.32 Å². The number of ether oxygens (including phenoxy) is 4. The molecule has 4 rings (SSSR count). The Morgan fingerprint density at radius 3 is 2.62 bits per heavy atom. The summed E-state index contributed by atoms with van der Waals surface area (Å²) < 4.78 is 24.9. The molecule has 0 spiro atoms. The smallest absolute Gasteiger partial charge is 0.190 e. The summed E-state index contributed by atoms with van der Waals surface area (Å²) in [5.74, 6) is -0.683. The predicted octanol–water partition coefficient (Wildman–Crippen LogP) is 3.12. The number of nitrogens with one attached hydrogen (secondary N) is 1. The summed E-state index contributed by atoms with van der Waals surface area (Å²) in [6, 6.07) is 10.6. The highest BCUT2D eigenvalue weighted by Gasteiger charge is 2.57. The van der Waals surface area contributed by atoms with Crippen molar-refractivity contribution in [3.63, 3.8) is 0 Å². The van der Waals surface area contributed by atoms with Crippen LogP contribution in [0.4, 0.5) is 0 Å². The topological polar surface area (TPSA) is 69.2 Å². The molecule has 2 N–H and O–H groups in total. The van der Waals surface area contributed by atoms with Gasteiger partial charge in [0.2, 0.25) is 0 Å². The Balaban J connectivity index is 1.48. The van der Waals surface area contributed by atoms with Gasteiger partial charge in [-0.15, -0.1) is 0 Å². The molecule has 0 unspecified atom stereocenters. The van der Waals surface area contributed by atoms with Gasteiger partial charge in [0.1, 0.15) is 18.3 Å². The summed E-state index contributed by atoms with van der Waals surface area (Å²) in [5, 5.41) is 13.5. The van der Waals surface area contributed by atoms with E-state index in [1.165, 1.54) is 32.1 Å². The van der Waals surface area contributed by atoms with E-state index in [1.54, 1.807) is 0 Å². The molecule has 5 atom stereocenters. The summed E-state index contributed by atoms with van der Waals surface area (Å²) in [6.07, 6.45) is 5.62. The first kappa shape index (κ1) is 21.2. The van der Waals surface area contributed by atoms with Gasteiger partial charge in [0.15, 0.2) is 12.1 Å². The van der Waals surface area contributed by atoms with E-state index in [9.17, 15) is 5.11 Å². The van der Waals surface area contributed by atoms with Gasteiger partial charge in [-0.25, -0.2) is 0 Å². The lowest BCUT2D eigenvalue weighted by molar-refractivity contribution is -0.223. The molecule has 29 heavy (non-hydrogen) atoms. The van der Waals surface area contributed by atoms with E-state index in [-0.39, 0.29) is 31.0 Å². The van der Waals surface area contributed by atoms with Gasteiger partial charge in [-0.3, -0.25) is 0 Å². The van der Waals surface area contributed by atoms with E-state index in [1.807, 2.05) is 32.0 Å². The molecule has 2 heterocycles. The Bertz CT molecular complexity index is 633. The van der Waals surface area contributed by atoms with Crippen LogP contribution in [0.25, 0.3) is 0 Å². The van der Waals surface area contributed by atoms with Crippen molar-refractivity contribution in [3.05, 3.63) is 35.9 Å². The van der Waals surface area contributed by atoms with E-state index in [2.05, 4.69) is 17.4 Å². The van der Waals surface area contributed by atoms with Crippen molar-refractivity contribution in [3.8, 4) is 0 Å². The first-order chi connectivity index (χ1) is 14.1. The number of benzene rings is 1. The Kier molecular flexibility index (Phi) is 6.89. The number of hydrogen-bond acceptors (Lipinski definition) is 6. The molecule has 1 saturated carbocycles. The molecule has 3 aliphatic rings. The third-order valence-electron chi connectivity index (χ3n) is 6.20. The Morgan fingerprint density at radius 1 is 1.14 bits per heavy atom. The standard InChI is InChI=1S/C23H35NO5/c1-23(2)28-21-20(26-15-16-9-5-3-6-10-16)19(27-22(21)29-23)18(13-14-25)24-17-11-7-4-8-12-17/h3,5-6,9-10,17-22,24-25H,4,7-8,11-15H2,1-2H3/t18-,19+,20-,21+,22+/m0/s1. The number of fused-ring (bicyclic) bond motifs is 1. The highest BCUT2D eigenvalue weighted by molar-refractivity contribution is 5.13. The molecule has 2 saturated heterocycles. The number of hydrogen-bond donors (Lipinski definition) is 2. The minimum Gasteiger partial charge on any atom is -0.396 e. The second-order valence-electron chi connectivity index (χ2n) is 8.95. The molecule has 0 amide bonds. The minimum atomic E-state index is -0.683. The van der Waals surface area contributed by atoms with E-state index in [0.717, 1.165) is 5.56 Å². The summed E-state index contributed by atoms with van der Waals surface area (Å²) in [7, 11) is 0. The van der Waals surface area contributed by atoms with Crippen molar-refractivity contribution in [2.24, 2.45) is 0 Å². The molecule has 0 aromatic heterocycles. The summed E-state index contributed by atoms with van der Waals surface area (Å²) in [6.45, 7) is 4.42. The summed E-state index contributed by atoms with van der Waals surface area (Å²) in [4.78, 5) is 0. The van der Waals surface area contributed by atoms with Gasteiger partial charge >= 0.3 is 0 Å². The number of aliphatic hydroxyl groups is 1. The molecule has 0 bridgehead atoms. The molecule has 3 fully saturated rings. The van der Waals surface area contributed by atoms with Gasteiger partial charge in [-0.1, -0.05) is 49.6 Å². The zero-order valence-electron chi connectivity index (χ0n) is 17.6. The fraction of sp³-hybridized carbons (Fsp3) is 0.739.